The summed E-state index contributed by atoms with van der Waals surface area (Å²) in [5.41, 5.74) is 1.22. The van der Waals surface area contributed by atoms with Gasteiger partial charge in [0.1, 0.15) is 0 Å². The highest BCUT2D eigenvalue weighted by Crippen LogP contribution is 2.23. The van der Waals surface area contributed by atoms with Crippen molar-refractivity contribution in [1.82, 2.24) is 25.1 Å². The molecule has 2 aromatic rings. The third kappa shape index (κ3) is 3.69. The Labute approximate surface area is 146 Å². The number of carbonyl (C=O) groups is 1. The monoisotopic (exact) mass is 346 g/mol. The number of nitrogens with zero attached hydrogens (tertiary/aromatic N) is 6. The van der Waals surface area contributed by atoms with E-state index < -0.39 is 0 Å². The van der Waals surface area contributed by atoms with Crippen LogP contribution in [0.1, 0.15) is 13.8 Å². The van der Waals surface area contributed by atoms with Gasteiger partial charge in [0.05, 0.1) is 5.25 Å². The zero-order valence-electron chi connectivity index (χ0n) is 14.0. The Hall–Kier alpha value is -2.09. The molecular formula is C16H22N6OS. The zero-order valence-corrected chi connectivity index (χ0v) is 14.8. The Morgan fingerprint density at radius 3 is 2.58 bits per heavy atom. The van der Waals surface area contributed by atoms with Gasteiger partial charge in [-0.05, 0) is 36.4 Å². The van der Waals surface area contributed by atoms with Crippen molar-refractivity contribution in [1.29, 1.82) is 0 Å². The summed E-state index contributed by atoms with van der Waals surface area (Å²) in [6, 6.07) is 10.3. The number of tetrazole rings is 1. The van der Waals surface area contributed by atoms with E-state index in [1.807, 2.05) is 36.9 Å². The second-order valence-electron chi connectivity index (χ2n) is 5.69. The molecule has 128 valence electrons. The van der Waals surface area contributed by atoms with Gasteiger partial charge in [0.15, 0.2) is 0 Å². The van der Waals surface area contributed by atoms with Crippen LogP contribution in [0.2, 0.25) is 0 Å². The molecule has 0 N–H and O–H groups in total. The van der Waals surface area contributed by atoms with Gasteiger partial charge in [0.25, 0.3) is 0 Å². The number of para-hydroxylation sites is 1. The predicted molar refractivity (Wildman–Crippen MR) is 94.0 cm³/mol. The van der Waals surface area contributed by atoms with Crippen LogP contribution in [0, 0.1) is 0 Å². The van der Waals surface area contributed by atoms with E-state index in [0.29, 0.717) is 11.7 Å². The smallest absolute Gasteiger partial charge is 0.236 e. The summed E-state index contributed by atoms with van der Waals surface area (Å²) < 4.78 is 1.71. The lowest BCUT2D eigenvalue weighted by Crippen LogP contribution is -2.50. The van der Waals surface area contributed by atoms with Crippen LogP contribution in [0.15, 0.2) is 35.5 Å². The van der Waals surface area contributed by atoms with Gasteiger partial charge in [-0.25, -0.2) is 4.68 Å². The molecule has 8 heteroatoms. The van der Waals surface area contributed by atoms with Crippen molar-refractivity contribution >= 4 is 23.4 Å². The van der Waals surface area contributed by atoms with Crippen LogP contribution in [0.4, 0.5) is 5.69 Å². The molecule has 1 fully saturated rings. The molecule has 1 aromatic carbocycles. The number of aromatic nitrogens is 4. The van der Waals surface area contributed by atoms with Crippen LogP contribution in [0.5, 0.6) is 0 Å². The van der Waals surface area contributed by atoms with Crippen LogP contribution in [0.25, 0.3) is 0 Å². The Morgan fingerprint density at radius 1 is 1.21 bits per heavy atom. The summed E-state index contributed by atoms with van der Waals surface area (Å²) in [7, 11) is 0. The average molecular weight is 346 g/mol. The maximum absolute atomic E-state index is 12.7. The molecule has 0 aliphatic carbocycles. The van der Waals surface area contributed by atoms with Gasteiger partial charge in [0, 0.05) is 38.4 Å². The highest BCUT2D eigenvalue weighted by Gasteiger charge is 2.26. The van der Waals surface area contributed by atoms with Gasteiger partial charge < -0.3 is 9.80 Å². The van der Waals surface area contributed by atoms with Crippen molar-refractivity contribution in [3.8, 4) is 0 Å². The molecule has 0 saturated carbocycles. The van der Waals surface area contributed by atoms with E-state index in [1.54, 1.807) is 4.68 Å². The van der Waals surface area contributed by atoms with Crippen LogP contribution < -0.4 is 4.90 Å². The first-order valence-electron chi connectivity index (χ1n) is 8.20. The number of anilines is 1. The molecule has 0 bridgehead atoms. The number of carbonyl (C=O) groups excluding carboxylic acids is 1. The lowest BCUT2D eigenvalue weighted by atomic mass is 10.2. The molecule has 3 rings (SSSR count). The largest absolute Gasteiger partial charge is 0.368 e. The standard InChI is InChI=1S/C16H22N6OS/c1-3-22-16(17-18-19-22)24-13(2)15(23)21-11-9-20(10-12-21)14-7-5-4-6-8-14/h4-8,13H,3,9-12H2,1-2H3. The number of thioether (sulfide) groups is 1. The van der Waals surface area contributed by atoms with Crippen LogP contribution in [-0.2, 0) is 11.3 Å². The summed E-state index contributed by atoms with van der Waals surface area (Å²) in [6.45, 7) is 7.82. The molecule has 1 atom stereocenters. The van der Waals surface area contributed by atoms with Gasteiger partial charge in [-0.2, -0.15) is 0 Å². The molecule has 0 radical (unpaired) electrons. The Kier molecular flexibility index (Phi) is 5.34. The second-order valence-corrected chi connectivity index (χ2v) is 6.99. The average Bonchev–Trinajstić information content (AvgIpc) is 3.09. The van der Waals surface area contributed by atoms with Crippen LogP contribution in [0.3, 0.4) is 0 Å². The molecule has 1 aliphatic rings. The topological polar surface area (TPSA) is 67.2 Å². The van der Waals surface area contributed by atoms with E-state index in [-0.39, 0.29) is 11.2 Å². The highest BCUT2D eigenvalue weighted by molar-refractivity contribution is 8.00. The predicted octanol–water partition coefficient (Wildman–Crippen LogP) is 1.52. The summed E-state index contributed by atoms with van der Waals surface area (Å²) in [4.78, 5) is 16.9. The van der Waals surface area contributed by atoms with Gasteiger partial charge >= 0.3 is 0 Å². The van der Waals surface area contributed by atoms with Crippen LogP contribution in [-0.4, -0.2) is 62.4 Å². The Balaban J connectivity index is 1.55. The Morgan fingerprint density at radius 2 is 1.92 bits per heavy atom. The van der Waals surface area contributed by atoms with E-state index >= 15 is 0 Å². The van der Waals surface area contributed by atoms with Crippen molar-refractivity contribution in [2.24, 2.45) is 0 Å². The fraction of sp³-hybridized carbons (Fsp3) is 0.500. The fourth-order valence-electron chi connectivity index (χ4n) is 2.77. The lowest BCUT2D eigenvalue weighted by molar-refractivity contribution is -0.130. The third-order valence-electron chi connectivity index (χ3n) is 4.14. The van der Waals surface area contributed by atoms with Crippen molar-refractivity contribution in [2.45, 2.75) is 30.8 Å². The zero-order chi connectivity index (χ0) is 16.9. The first-order valence-corrected chi connectivity index (χ1v) is 9.08. The fourth-order valence-corrected chi connectivity index (χ4v) is 3.71. The molecule has 1 aliphatic heterocycles. The number of rotatable bonds is 5. The van der Waals surface area contributed by atoms with Gasteiger partial charge in [-0.1, -0.05) is 30.0 Å². The minimum atomic E-state index is -0.190. The number of hydrogen-bond donors (Lipinski definition) is 0. The molecular weight excluding hydrogens is 324 g/mol. The highest BCUT2D eigenvalue weighted by atomic mass is 32.2. The number of benzene rings is 1. The van der Waals surface area contributed by atoms with Crippen LogP contribution >= 0.6 is 11.8 Å². The second kappa shape index (κ2) is 7.65. The molecule has 0 spiro atoms. The summed E-state index contributed by atoms with van der Waals surface area (Å²) in [5.74, 6) is 0.151. The molecule has 1 amide bonds. The minimum absolute atomic E-state index is 0.151. The van der Waals surface area contributed by atoms with Crippen molar-refractivity contribution in [3.63, 3.8) is 0 Å². The normalized spacial score (nSPS) is 16.2. The van der Waals surface area contributed by atoms with Crippen molar-refractivity contribution in [2.75, 3.05) is 31.1 Å². The molecule has 1 unspecified atom stereocenters. The van der Waals surface area contributed by atoms with E-state index in [9.17, 15) is 4.79 Å². The minimum Gasteiger partial charge on any atom is -0.368 e. The third-order valence-corrected chi connectivity index (χ3v) is 5.20. The van der Waals surface area contributed by atoms with Gasteiger partial charge in [-0.15, -0.1) is 5.10 Å². The number of amides is 1. The maximum Gasteiger partial charge on any atom is 0.236 e. The summed E-state index contributed by atoms with van der Waals surface area (Å²) in [6.07, 6.45) is 0. The number of aryl methyl sites for hydroxylation is 1. The van der Waals surface area contributed by atoms with E-state index in [1.165, 1.54) is 17.4 Å². The van der Waals surface area contributed by atoms with E-state index in [2.05, 4.69) is 32.6 Å². The summed E-state index contributed by atoms with van der Waals surface area (Å²) in [5, 5.41) is 12.1. The van der Waals surface area contributed by atoms with E-state index in [0.717, 1.165) is 26.2 Å². The Bertz CT molecular complexity index is 668. The first kappa shape index (κ1) is 16.8. The number of hydrogen-bond acceptors (Lipinski definition) is 6. The van der Waals surface area contributed by atoms with Crippen molar-refractivity contribution < 1.29 is 4.79 Å². The quantitative estimate of drug-likeness (QED) is 0.765. The maximum atomic E-state index is 12.7. The van der Waals surface area contributed by atoms with Crippen molar-refractivity contribution in [3.05, 3.63) is 30.3 Å². The molecule has 2 heterocycles. The molecule has 7 nitrogen and oxygen atoms in total. The van der Waals surface area contributed by atoms with Gasteiger partial charge in [-0.3, -0.25) is 4.79 Å². The molecule has 1 saturated heterocycles. The van der Waals surface area contributed by atoms with Gasteiger partial charge in [0.2, 0.25) is 11.1 Å². The molecule has 1 aromatic heterocycles. The number of piperazine rings is 1. The summed E-state index contributed by atoms with van der Waals surface area (Å²) >= 11 is 1.42. The SMILES string of the molecule is CCn1nnnc1SC(C)C(=O)N1CCN(c2ccccc2)CC1. The van der Waals surface area contributed by atoms with E-state index in [4.69, 9.17) is 0 Å². The molecule has 24 heavy (non-hydrogen) atoms. The first-order chi connectivity index (χ1) is 11.7. The lowest BCUT2D eigenvalue weighted by Gasteiger charge is -2.37.